The molecule has 7 heteroatoms. The van der Waals surface area contributed by atoms with Gasteiger partial charge in [-0.1, -0.05) is 11.6 Å². The summed E-state index contributed by atoms with van der Waals surface area (Å²) in [6.45, 7) is 0.792. The van der Waals surface area contributed by atoms with Gasteiger partial charge in [0.15, 0.2) is 0 Å². The molecule has 0 saturated heterocycles. The molecular weight excluding hydrogens is 349 g/mol. The Hall–Kier alpha value is -1.92. The largest absolute Gasteiger partial charge is 0.462 e. The van der Waals surface area contributed by atoms with Crippen LogP contribution in [0.15, 0.2) is 23.1 Å². The molecule has 0 atom stereocenters. The van der Waals surface area contributed by atoms with Crippen LogP contribution >= 0.6 is 11.6 Å². The van der Waals surface area contributed by atoms with E-state index in [1.165, 1.54) is 12.3 Å². The van der Waals surface area contributed by atoms with E-state index in [9.17, 15) is 14.0 Å². The third-order valence-corrected chi connectivity index (χ3v) is 4.50. The molecule has 0 aliphatic heterocycles. The SMILES string of the molecule is COCCCCOC(=O)c1cn(C2CC2)c2cc(Cl)c(F)cc2c1=O. The maximum absolute atomic E-state index is 13.8. The van der Waals surface area contributed by atoms with Gasteiger partial charge in [0.1, 0.15) is 11.4 Å². The zero-order chi connectivity index (χ0) is 18.0. The minimum absolute atomic E-state index is 0.0465. The van der Waals surface area contributed by atoms with Gasteiger partial charge < -0.3 is 14.0 Å². The first kappa shape index (κ1) is 17.9. The maximum atomic E-state index is 13.8. The Morgan fingerprint density at radius 3 is 2.72 bits per heavy atom. The molecule has 1 aromatic carbocycles. The molecule has 25 heavy (non-hydrogen) atoms. The number of ether oxygens (including phenoxy) is 2. The van der Waals surface area contributed by atoms with E-state index in [-0.39, 0.29) is 28.6 Å². The van der Waals surface area contributed by atoms with Crippen LogP contribution in [-0.4, -0.2) is 30.9 Å². The van der Waals surface area contributed by atoms with Crippen molar-refractivity contribution in [3.8, 4) is 0 Å². The lowest BCUT2D eigenvalue weighted by Crippen LogP contribution is -2.21. The van der Waals surface area contributed by atoms with Crippen molar-refractivity contribution in [2.45, 2.75) is 31.7 Å². The summed E-state index contributed by atoms with van der Waals surface area (Å²) in [5.41, 5.74) is -0.0761. The highest BCUT2D eigenvalue weighted by Crippen LogP contribution is 2.37. The zero-order valence-electron chi connectivity index (χ0n) is 13.9. The molecule has 134 valence electrons. The summed E-state index contributed by atoms with van der Waals surface area (Å²) >= 11 is 5.86. The van der Waals surface area contributed by atoms with Gasteiger partial charge in [0, 0.05) is 31.3 Å². The number of hydrogen-bond acceptors (Lipinski definition) is 4. The lowest BCUT2D eigenvalue weighted by molar-refractivity contribution is 0.0487. The quantitative estimate of drug-likeness (QED) is 0.553. The Balaban J connectivity index is 1.93. The number of carbonyl (C=O) groups is 1. The van der Waals surface area contributed by atoms with Gasteiger partial charge in [-0.3, -0.25) is 4.79 Å². The Kier molecular flexibility index (Phi) is 5.39. The molecule has 0 spiro atoms. The number of esters is 1. The molecule has 1 saturated carbocycles. The highest BCUT2D eigenvalue weighted by atomic mass is 35.5. The van der Waals surface area contributed by atoms with E-state index < -0.39 is 17.2 Å². The van der Waals surface area contributed by atoms with E-state index in [1.807, 2.05) is 4.57 Å². The van der Waals surface area contributed by atoms with Crippen LogP contribution in [0.2, 0.25) is 5.02 Å². The number of carbonyl (C=O) groups excluding carboxylic acids is 1. The number of pyridine rings is 1. The van der Waals surface area contributed by atoms with Gasteiger partial charge in [-0.25, -0.2) is 9.18 Å². The van der Waals surface area contributed by atoms with Crippen molar-refractivity contribution in [3.05, 3.63) is 45.0 Å². The van der Waals surface area contributed by atoms with Crippen molar-refractivity contribution in [2.24, 2.45) is 0 Å². The third-order valence-electron chi connectivity index (χ3n) is 4.21. The Morgan fingerprint density at radius 1 is 1.32 bits per heavy atom. The fourth-order valence-electron chi connectivity index (χ4n) is 2.74. The second kappa shape index (κ2) is 7.54. The Bertz CT molecular complexity index is 860. The molecule has 1 aromatic heterocycles. The number of benzene rings is 1. The summed E-state index contributed by atoms with van der Waals surface area (Å²) in [4.78, 5) is 24.9. The molecule has 0 amide bonds. The van der Waals surface area contributed by atoms with E-state index in [0.29, 0.717) is 18.5 Å². The fourth-order valence-corrected chi connectivity index (χ4v) is 2.89. The number of aromatic nitrogens is 1. The van der Waals surface area contributed by atoms with Crippen molar-refractivity contribution >= 4 is 28.5 Å². The van der Waals surface area contributed by atoms with Crippen LogP contribution in [0.1, 0.15) is 42.1 Å². The average Bonchev–Trinajstić information content (AvgIpc) is 3.41. The first-order valence-electron chi connectivity index (χ1n) is 8.23. The minimum Gasteiger partial charge on any atom is -0.462 e. The molecule has 1 aliphatic carbocycles. The van der Waals surface area contributed by atoms with Gasteiger partial charge in [0.2, 0.25) is 5.43 Å². The van der Waals surface area contributed by atoms with Gasteiger partial charge in [-0.2, -0.15) is 0 Å². The summed E-state index contributed by atoms with van der Waals surface area (Å²) in [5.74, 6) is -1.37. The van der Waals surface area contributed by atoms with Crippen LogP contribution in [0.5, 0.6) is 0 Å². The number of hydrogen-bond donors (Lipinski definition) is 0. The van der Waals surface area contributed by atoms with E-state index in [2.05, 4.69) is 0 Å². The van der Waals surface area contributed by atoms with Gasteiger partial charge in [-0.15, -0.1) is 0 Å². The predicted molar refractivity (Wildman–Crippen MR) is 92.8 cm³/mol. The van der Waals surface area contributed by atoms with E-state index in [4.69, 9.17) is 21.1 Å². The van der Waals surface area contributed by atoms with Crippen LogP contribution in [0.3, 0.4) is 0 Å². The first-order chi connectivity index (χ1) is 12.0. The highest BCUT2D eigenvalue weighted by molar-refractivity contribution is 6.31. The van der Waals surface area contributed by atoms with Gasteiger partial charge in [0.25, 0.3) is 0 Å². The molecule has 1 aliphatic rings. The van der Waals surface area contributed by atoms with Gasteiger partial charge in [-0.05, 0) is 37.8 Å². The lowest BCUT2D eigenvalue weighted by atomic mass is 10.1. The van der Waals surface area contributed by atoms with Crippen LogP contribution in [0.4, 0.5) is 4.39 Å². The number of unbranched alkanes of at least 4 members (excludes halogenated alkanes) is 1. The van der Waals surface area contributed by atoms with Gasteiger partial charge in [0.05, 0.1) is 17.1 Å². The third kappa shape index (κ3) is 3.85. The number of halogens is 2. The monoisotopic (exact) mass is 367 g/mol. The standard InChI is InChI=1S/C18H19ClFNO4/c1-24-6-2-3-7-25-18(23)13-10-21(11-4-5-11)16-9-14(19)15(20)8-12(16)17(13)22/h8-11H,2-7H2,1H3. The number of methoxy groups -OCH3 is 1. The molecular formula is C18H19ClFNO4. The second-order valence-electron chi connectivity index (χ2n) is 6.13. The van der Waals surface area contributed by atoms with E-state index >= 15 is 0 Å². The van der Waals surface area contributed by atoms with Crippen molar-refractivity contribution in [3.63, 3.8) is 0 Å². The van der Waals surface area contributed by atoms with Crippen LogP contribution < -0.4 is 5.43 Å². The molecule has 1 heterocycles. The molecule has 2 aromatic rings. The molecule has 0 radical (unpaired) electrons. The Labute approximate surface area is 149 Å². The van der Waals surface area contributed by atoms with Crippen molar-refractivity contribution in [1.29, 1.82) is 0 Å². The summed E-state index contributed by atoms with van der Waals surface area (Å²) in [6.07, 6.45) is 4.80. The molecule has 5 nitrogen and oxygen atoms in total. The molecule has 0 N–H and O–H groups in total. The topological polar surface area (TPSA) is 57.5 Å². The summed E-state index contributed by atoms with van der Waals surface area (Å²) in [6, 6.07) is 2.72. The Morgan fingerprint density at radius 2 is 2.04 bits per heavy atom. The van der Waals surface area contributed by atoms with E-state index in [1.54, 1.807) is 7.11 Å². The molecule has 0 bridgehead atoms. The number of nitrogens with zero attached hydrogens (tertiary/aromatic N) is 1. The van der Waals surface area contributed by atoms with Crippen molar-refractivity contribution in [1.82, 2.24) is 4.57 Å². The average molecular weight is 368 g/mol. The predicted octanol–water partition coefficient (Wildman–Crippen LogP) is 3.71. The maximum Gasteiger partial charge on any atom is 0.343 e. The number of fused-ring (bicyclic) bond motifs is 1. The normalized spacial score (nSPS) is 14.0. The number of rotatable bonds is 7. The molecule has 1 fully saturated rings. The summed E-state index contributed by atoms with van der Waals surface area (Å²) in [7, 11) is 1.60. The van der Waals surface area contributed by atoms with Crippen molar-refractivity contribution in [2.75, 3.05) is 20.3 Å². The smallest absolute Gasteiger partial charge is 0.343 e. The highest BCUT2D eigenvalue weighted by Gasteiger charge is 2.27. The molecule has 0 unspecified atom stereocenters. The fraction of sp³-hybridized carbons (Fsp3) is 0.444. The van der Waals surface area contributed by atoms with Crippen molar-refractivity contribution < 1.29 is 18.7 Å². The van der Waals surface area contributed by atoms with Crippen LogP contribution in [-0.2, 0) is 9.47 Å². The minimum atomic E-state index is -0.686. The zero-order valence-corrected chi connectivity index (χ0v) is 14.6. The lowest BCUT2D eigenvalue weighted by Gasteiger charge is -2.13. The molecule has 3 rings (SSSR count). The second-order valence-corrected chi connectivity index (χ2v) is 6.54. The van der Waals surface area contributed by atoms with Gasteiger partial charge >= 0.3 is 5.97 Å². The summed E-state index contributed by atoms with van der Waals surface area (Å²) < 4.78 is 25.8. The van der Waals surface area contributed by atoms with Crippen LogP contribution in [0, 0.1) is 5.82 Å². The summed E-state index contributed by atoms with van der Waals surface area (Å²) in [5, 5.41) is 0.0948. The van der Waals surface area contributed by atoms with Crippen LogP contribution in [0.25, 0.3) is 10.9 Å². The first-order valence-corrected chi connectivity index (χ1v) is 8.60. The van der Waals surface area contributed by atoms with E-state index in [0.717, 1.165) is 25.3 Å².